The van der Waals surface area contributed by atoms with Gasteiger partial charge < -0.3 is 13.5 Å². The molecule has 3 heterocycles. The quantitative estimate of drug-likeness (QED) is 0.0657. The van der Waals surface area contributed by atoms with Crippen LogP contribution in [0.4, 0.5) is 13.2 Å². The highest BCUT2D eigenvalue weighted by Gasteiger charge is 2.52. The highest BCUT2D eigenvalue weighted by atomic mass is 32.2. The molecular weight excluding hydrogens is 1340 g/mol. The molecule has 0 atom stereocenters. The highest BCUT2D eigenvalue weighted by Crippen LogP contribution is 2.47. The molecule has 500 valence electrons. The Morgan fingerprint density at radius 2 is 0.660 bits per heavy atom. The molecule has 16 aromatic carbocycles. The Balaban J connectivity index is 0.000000127. The largest absolute Gasteiger partial charge is 0.534 e. The van der Waals surface area contributed by atoms with Crippen LogP contribution in [0.25, 0.3) is 161 Å². The van der Waals surface area contributed by atoms with Gasteiger partial charge in [0.05, 0.1) is 24.9 Å². The van der Waals surface area contributed by atoms with Gasteiger partial charge in [-0.25, -0.2) is 0 Å². The van der Waals surface area contributed by atoms with Crippen molar-refractivity contribution in [2.24, 2.45) is 0 Å². The molecule has 19 rings (SSSR count). The summed E-state index contributed by atoms with van der Waals surface area (Å²) in [7, 11) is -6.26. The van der Waals surface area contributed by atoms with Crippen molar-refractivity contribution in [1.29, 1.82) is 0 Å². The van der Waals surface area contributed by atoms with E-state index in [0.29, 0.717) is 16.7 Å². The summed E-state index contributed by atoms with van der Waals surface area (Å²) in [5, 5.41) is 18.0. The van der Waals surface area contributed by atoms with Crippen LogP contribution in [0, 0.1) is 0 Å². The van der Waals surface area contributed by atoms with Crippen LogP contribution in [-0.4, -0.2) is 32.2 Å². The first-order valence-corrected chi connectivity index (χ1v) is 36.4. The summed E-state index contributed by atoms with van der Waals surface area (Å²) in [6.45, 7) is 8.09. The van der Waals surface area contributed by atoms with Crippen LogP contribution < -0.4 is 9.65 Å². The van der Waals surface area contributed by atoms with Crippen LogP contribution in [0.15, 0.2) is 315 Å². The third kappa shape index (κ3) is 11.7. The van der Waals surface area contributed by atoms with Crippen LogP contribution in [0.5, 0.6) is 5.75 Å². The van der Waals surface area contributed by atoms with E-state index in [4.69, 9.17) is 23.0 Å². The number of hydrogen-bond acceptors (Lipinski definition) is 7. The van der Waals surface area contributed by atoms with Gasteiger partial charge in [0, 0.05) is 40.4 Å². The molecule has 5 nitrogen and oxygen atoms in total. The first-order valence-electron chi connectivity index (χ1n) is 38.4. The van der Waals surface area contributed by atoms with Crippen molar-refractivity contribution in [1.82, 2.24) is 0 Å². The van der Waals surface area contributed by atoms with Crippen LogP contribution >= 0.6 is 22.7 Å². The number of fused-ring (bicyclic) bond motifs is 18. The first-order chi connectivity index (χ1) is 54.1. The van der Waals surface area contributed by atoms with Crippen molar-refractivity contribution < 1.29 is 48.8 Å². The monoisotopic (exact) mass is 1410 g/mol. The van der Waals surface area contributed by atoms with Crippen LogP contribution in [0.1, 0.15) is 41.4 Å². The second-order valence-corrected chi connectivity index (χ2v) is 29.9. The van der Waals surface area contributed by atoms with Crippen molar-refractivity contribution in [3.05, 3.63) is 315 Å². The van der Waals surface area contributed by atoms with Gasteiger partial charge in [0.15, 0.2) is 0 Å². The first kappa shape index (κ1) is 54.8. The van der Waals surface area contributed by atoms with Crippen molar-refractivity contribution in [2.75, 3.05) is 0 Å². The van der Waals surface area contributed by atoms with Gasteiger partial charge in [-0.1, -0.05) is 285 Å². The zero-order valence-corrected chi connectivity index (χ0v) is 58.2. The molecule has 0 radical (unpaired) electrons. The molecule has 12 heteroatoms. The summed E-state index contributed by atoms with van der Waals surface area (Å²) in [5.74, 6) is -0.400. The summed E-state index contributed by atoms with van der Waals surface area (Å²) in [6.07, 6.45) is 0. The Morgan fingerprint density at radius 1 is 0.340 bits per heavy atom. The van der Waals surface area contributed by atoms with Crippen molar-refractivity contribution in [3.8, 4) is 61.4 Å². The van der Waals surface area contributed by atoms with E-state index in [1.807, 2.05) is 125 Å². The molecule has 0 aliphatic carbocycles. The van der Waals surface area contributed by atoms with Gasteiger partial charge in [0.1, 0.15) is 5.75 Å². The summed E-state index contributed by atoms with van der Waals surface area (Å²) >= 11 is 3.14. The lowest BCUT2D eigenvalue weighted by molar-refractivity contribution is -0.0500. The molecular formula is C91H64BF3O5S3. The molecule has 0 N–H and O–H groups in total. The Morgan fingerprint density at radius 3 is 1.09 bits per heavy atom. The van der Waals surface area contributed by atoms with Crippen molar-refractivity contribution >= 4 is 150 Å². The highest BCUT2D eigenvalue weighted by molar-refractivity contribution is 7.88. The molecule has 103 heavy (non-hydrogen) atoms. The average Bonchev–Trinajstić information content (AvgIpc) is 1.72. The van der Waals surface area contributed by atoms with Crippen molar-refractivity contribution in [3.63, 3.8) is 0 Å². The average molecular weight is 1410 g/mol. The van der Waals surface area contributed by atoms with Gasteiger partial charge in [-0.2, -0.15) is 21.6 Å². The van der Waals surface area contributed by atoms with E-state index in [0.717, 1.165) is 106 Å². The minimum atomic E-state index is -5.74. The fraction of sp³-hybridized carbons (Fsp3) is 0.0769. The lowest BCUT2D eigenvalue weighted by atomic mass is 9.78. The Labute approximate surface area is 616 Å². The van der Waals surface area contributed by atoms with Gasteiger partial charge in [-0.3, -0.25) is 0 Å². The normalized spacial score (nSPS) is 15.1. The lowest BCUT2D eigenvalue weighted by Gasteiger charge is -2.32. The fourth-order valence-corrected chi connectivity index (χ4v) is 17.3. The number of rotatable bonds is 8. The summed E-state index contributed by atoms with van der Waals surface area (Å²) in [4.78, 5) is 0. The van der Waals surface area contributed by atoms with Gasteiger partial charge in [0.2, 0.25) is 0 Å². The number of thiophene rings is 2. The third-order valence-corrected chi connectivity index (χ3v) is 23.3. The Bertz CT molecular complexity index is 7030. The molecule has 0 bridgehead atoms. The number of hydrogen-bond donors (Lipinski definition) is 0. The number of halogens is 3. The van der Waals surface area contributed by atoms with Crippen LogP contribution in [-0.2, 0) is 19.4 Å². The molecule has 0 saturated carbocycles. The second kappa shape index (κ2) is 25.8. The predicted molar refractivity (Wildman–Crippen MR) is 429 cm³/mol. The molecule has 18 aromatic rings. The number of alkyl halides is 3. The van der Waals surface area contributed by atoms with Gasteiger partial charge in [-0.15, -0.1) is 22.7 Å². The molecule has 1 aliphatic rings. The molecule has 0 unspecified atom stereocenters. The van der Waals surface area contributed by atoms with E-state index in [9.17, 15) is 21.6 Å². The van der Waals surface area contributed by atoms with Gasteiger partial charge in [-0.05, 0) is 184 Å². The Kier molecular flexibility index (Phi) is 13.7. The fourth-order valence-electron chi connectivity index (χ4n) is 14.2. The van der Waals surface area contributed by atoms with E-state index in [1.54, 1.807) is 17.4 Å². The standard InChI is InChI=1S/C42H26S.C25H15F3O3S.C24H23BO2S/c1-2-11-27(12-3-1)31-19-9-21-38-39-22-10-20-32(42(39)43-41(31)38)30-14-8-13-28(25-30)29-23-24-37-35-17-5-4-15-33(35)34-16-6-7-18-36(34)40(37)26-29;26-25(27,28)32(29,30)31-18-7-5-6-16(14-18)17-12-13-23-21-10-2-1-8-19(21)20-9-3-4-11-22(20)24(23)15-17;1-23(2)24(3,4)27-25(26-23)20-15-9-14-19-18-13-8-12-17(21(18)28-22(19)20)16-10-6-5-7-11-16/h1-26H;1-15H;5-15H,1-4H3/i1D,2D,3D,11D,12D;;5D,6D,7D,10D,11D. The van der Waals surface area contributed by atoms with E-state index >= 15 is 0 Å². The molecule has 1 saturated heterocycles. The van der Waals surface area contributed by atoms with Crippen LogP contribution in [0.3, 0.4) is 0 Å². The summed E-state index contributed by atoms with van der Waals surface area (Å²) in [5.41, 5.74) is 1.99. The zero-order chi connectivity index (χ0) is 79.1. The maximum absolute atomic E-state index is 12.7. The topological polar surface area (TPSA) is 61.8 Å². The third-order valence-electron chi connectivity index (χ3n) is 19.8. The smallest absolute Gasteiger partial charge is 0.399 e. The molecule has 1 fully saturated rings. The van der Waals surface area contributed by atoms with E-state index in [1.165, 1.54) is 61.9 Å². The molecule has 0 amide bonds. The molecule has 1 aliphatic heterocycles. The lowest BCUT2D eigenvalue weighted by Crippen LogP contribution is -2.41. The predicted octanol–water partition coefficient (Wildman–Crippen LogP) is 25.6. The van der Waals surface area contributed by atoms with Crippen LogP contribution in [0.2, 0.25) is 0 Å². The molecule has 2 aromatic heterocycles. The van der Waals surface area contributed by atoms with Crippen molar-refractivity contribution in [2.45, 2.75) is 44.4 Å². The van der Waals surface area contributed by atoms with Gasteiger partial charge >= 0.3 is 22.7 Å². The zero-order valence-electron chi connectivity index (χ0n) is 65.7. The van der Waals surface area contributed by atoms with Gasteiger partial charge in [0.25, 0.3) is 0 Å². The maximum atomic E-state index is 12.7. The summed E-state index contributed by atoms with van der Waals surface area (Å²) < 4.78 is 164. The molecule has 0 spiro atoms. The van der Waals surface area contributed by atoms with E-state index in [2.05, 4.69) is 138 Å². The maximum Gasteiger partial charge on any atom is 0.534 e. The van der Waals surface area contributed by atoms with E-state index < -0.39 is 39.7 Å². The minimum absolute atomic E-state index is 0.185. The SMILES string of the molecule is O=S(=O)(Oc1cccc(-c2ccc3c4ccccc4c4ccccc4c3c2)c1)C(F)(F)F.[2H]c1c([2H])c([2H])c(-c2cccc3c2sc2c(-c4cccc(-c5ccc6c7ccccc7c7ccccc7c6c5)c4)cccc23)c([2H])c1[2H].[2H]c1c([2H])c([2H])c(-c2cccc3c2sc2c(B4OC(C)(C)C(C)(C)O4)cccc23)c([2H])c1[2H]. The Hall–Kier alpha value is -11.0. The second-order valence-electron chi connectivity index (χ2n) is 26.4. The van der Waals surface area contributed by atoms with E-state index in [-0.39, 0.29) is 71.6 Å². The number of benzene rings is 16. The minimum Gasteiger partial charge on any atom is -0.399 e. The summed E-state index contributed by atoms with van der Waals surface area (Å²) in [6, 6.07) is 81.2.